The minimum atomic E-state index is -0.790. The molecule has 2 rings (SSSR count). The summed E-state index contributed by atoms with van der Waals surface area (Å²) in [5.74, 6) is 0.170. The van der Waals surface area contributed by atoms with Crippen molar-refractivity contribution in [3.05, 3.63) is 0 Å². The van der Waals surface area contributed by atoms with Crippen LogP contribution in [0, 0.1) is 17.8 Å². The molecule has 2 aliphatic rings. The highest BCUT2D eigenvalue weighted by atomic mass is 16.4. The van der Waals surface area contributed by atoms with Crippen molar-refractivity contribution in [3.8, 4) is 0 Å². The maximum Gasteiger partial charge on any atom is 0.315 e. The van der Waals surface area contributed by atoms with Gasteiger partial charge in [-0.05, 0) is 37.5 Å². The predicted molar refractivity (Wildman–Crippen MR) is 81.0 cm³/mol. The molecule has 0 spiro atoms. The van der Waals surface area contributed by atoms with Gasteiger partial charge in [0.25, 0.3) is 0 Å². The third kappa shape index (κ3) is 4.90. The summed E-state index contributed by atoms with van der Waals surface area (Å²) in [6.45, 7) is 2.99. The third-order valence-electron chi connectivity index (χ3n) is 5.09. The van der Waals surface area contributed by atoms with Crippen LogP contribution >= 0.6 is 0 Å². The number of nitrogens with one attached hydrogen (secondary N) is 2. The Balaban J connectivity index is 1.72. The molecular formula is C16H28N2O3. The molecule has 3 N–H and O–H groups in total. The van der Waals surface area contributed by atoms with Crippen LogP contribution in [-0.4, -0.2) is 29.7 Å². The highest BCUT2D eigenvalue weighted by molar-refractivity contribution is 5.76. The molecule has 0 aromatic rings. The number of hydrogen-bond donors (Lipinski definition) is 3. The zero-order chi connectivity index (χ0) is 15.2. The second kappa shape index (κ2) is 7.66. The summed E-state index contributed by atoms with van der Waals surface area (Å²) >= 11 is 0. The molecule has 2 aliphatic carbocycles. The van der Waals surface area contributed by atoms with Gasteiger partial charge >= 0.3 is 12.0 Å². The lowest BCUT2D eigenvalue weighted by Gasteiger charge is -2.30. The third-order valence-corrected chi connectivity index (χ3v) is 5.09. The van der Waals surface area contributed by atoms with Crippen LogP contribution in [0.1, 0.15) is 58.3 Å². The Morgan fingerprint density at radius 3 is 2.38 bits per heavy atom. The van der Waals surface area contributed by atoms with E-state index in [0.717, 1.165) is 25.2 Å². The molecule has 5 heteroatoms. The highest BCUT2D eigenvalue weighted by Crippen LogP contribution is 2.28. The van der Waals surface area contributed by atoms with Gasteiger partial charge in [-0.1, -0.05) is 32.6 Å². The molecule has 0 bridgehead atoms. The van der Waals surface area contributed by atoms with E-state index in [1.165, 1.54) is 25.7 Å². The van der Waals surface area contributed by atoms with Crippen molar-refractivity contribution in [2.75, 3.05) is 6.54 Å². The van der Waals surface area contributed by atoms with E-state index < -0.39 is 11.9 Å². The van der Waals surface area contributed by atoms with Gasteiger partial charge in [0.15, 0.2) is 0 Å². The van der Waals surface area contributed by atoms with E-state index in [-0.39, 0.29) is 12.1 Å². The molecule has 2 unspecified atom stereocenters. The van der Waals surface area contributed by atoms with E-state index >= 15 is 0 Å². The molecule has 120 valence electrons. The quantitative estimate of drug-likeness (QED) is 0.746. The number of carboxylic acids is 1. The van der Waals surface area contributed by atoms with Crippen molar-refractivity contribution < 1.29 is 14.7 Å². The van der Waals surface area contributed by atoms with Crippen LogP contribution in [0.15, 0.2) is 0 Å². The normalized spacial score (nSPS) is 33.2. The molecule has 0 aliphatic heterocycles. The van der Waals surface area contributed by atoms with Crippen molar-refractivity contribution in [1.29, 1.82) is 0 Å². The first-order valence-electron chi connectivity index (χ1n) is 8.33. The molecule has 2 saturated carbocycles. The lowest BCUT2D eigenvalue weighted by atomic mass is 9.83. The summed E-state index contributed by atoms with van der Waals surface area (Å²) in [5.41, 5.74) is 0. The van der Waals surface area contributed by atoms with Crippen molar-refractivity contribution in [1.82, 2.24) is 10.6 Å². The number of hydrogen-bond acceptors (Lipinski definition) is 2. The molecule has 21 heavy (non-hydrogen) atoms. The molecule has 5 nitrogen and oxygen atoms in total. The second-order valence-corrected chi connectivity index (χ2v) is 6.82. The maximum absolute atomic E-state index is 12.0. The van der Waals surface area contributed by atoms with Crippen LogP contribution in [0.3, 0.4) is 0 Å². The van der Waals surface area contributed by atoms with Gasteiger partial charge in [0, 0.05) is 12.6 Å². The topological polar surface area (TPSA) is 78.4 Å². The van der Waals surface area contributed by atoms with Crippen LogP contribution in [0.2, 0.25) is 0 Å². The van der Waals surface area contributed by atoms with Crippen molar-refractivity contribution >= 4 is 12.0 Å². The lowest BCUT2D eigenvalue weighted by Crippen LogP contribution is -2.49. The van der Waals surface area contributed by atoms with Crippen molar-refractivity contribution in [2.24, 2.45) is 17.8 Å². The zero-order valence-electron chi connectivity index (χ0n) is 12.9. The standard InChI is InChI=1S/C16H28N2O3/c1-11-6-8-12(9-7-11)10-17-16(21)18-14-5-3-2-4-13(14)15(19)20/h11-14H,2-10H2,1H3,(H,19,20)(H2,17,18,21). The molecule has 2 fully saturated rings. The average molecular weight is 296 g/mol. The molecule has 0 radical (unpaired) electrons. The maximum atomic E-state index is 12.0. The summed E-state index contributed by atoms with van der Waals surface area (Å²) in [6.07, 6.45) is 8.24. The van der Waals surface area contributed by atoms with Gasteiger partial charge in [-0.2, -0.15) is 0 Å². The van der Waals surface area contributed by atoms with Crippen LogP contribution in [0.5, 0.6) is 0 Å². The van der Waals surface area contributed by atoms with Crippen molar-refractivity contribution in [2.45, 2.75) is 64.3 Å². The first-order chi connectivity index (χ1) is 10.1. The van der Waals surface area contributed by atoms with Gasteiger partial charge in [-0.25, -0.2) is 4.79 Å². The monoisotopic (exact) mass is 296 g/mol. The first kappa shape index (κ1) is 16.1. The van der Waals surface area contributed by atoms with Crippen LogP contribution in [-0.2, 0) is 4.79 Å². The van der Waals surface area contributed by atoms with Crippen molar-refractivity contribution in [3.63, 3.8) is 0 Å². The summed E-state index contributed by atoms with van der Waals surface area (Å²) in [6, 6.07) is -0.422. The number of amides is 2. The fourth-order valence-electron chi connectivity index (χ4n) is 3.59. The molecule has 0 aromatic heterocycles. The SMILES string of the molecule is CC1CCC(CNC(=O)NC2CCCCC2C(=O)O)CC1. The molecule has 0 aromatic carbocycles. The molecular weight excluding hydrogens is 268 g/mol. The minimum Gasteiger partial charge on any atom is -0.481 e. The summed E-state index contributed by atoms with van der Waals surface area (Å²) in [5, 5.41) is 15.0. The van der Waals surface area contributed by atoms with Gasteiger partial charge < -0.3 is 15.7 Å². The Morgan fingerprint density at radius 2 is 1.71 bits per heavy atom. The van der Waals surface area contributed by atoms with E-state index in [0.29, 0.717) is 18.9 Å². The molecule has 2 amide bonds. The Morgan fingerprint density at radius 1 is 1.05 bits per heavy atom. The number of rotatable bonds is 4. The smallest absolute Gasteiger partial charge is 0.315 e. The van der Waals surface area contributed by atoms with E-state index in [4.69, 9.17) is 0 Å². The minimum absolute atomic E-state index is 0.202. The van der Waals surface area contributed by atoms with Crippen LogP contribution in [0.4, 0.5) is 4.79 Å². The number of carbonyl (C=O) groups excluding carboxylic acids is 1. The Labute approximate surface area is 126 Å². The van der Waals surface area contributed by atoms with Crippen LogP contribution in [0.25, 0.3) is 0 Å². The Kier molecular flexibility index (Phi) is 5.88. The number of carboxylic acid groups (broad SMARTS) is 1. The molecule has 0 heterocycles. The van der Waals surface area contributed by atoms with E-state index in [2.05, 4.69) is 17.6 Å². The van der Waals surface area contributed by atoms with Crippen LogP contribution < -0.4 is 10.6 Å². The van der Waals surface area contributed by atoms with Gasteiger partial charge in [-0.3, -0.25) is 4.79 Å². The van der Waals surface area contributed by atoms with E-state index in [9.17, 15) is 14.7 Å². The summed E-state index contributed by atoms with van der Waals surface area (Å²) in [7, 11) is 0. The predicted octanol–water partition coefficient (Wildman–Crippen LogP) is 2.76. The fraction of sp³-hybridized carbons (Fsp3) is 0.875. The average Bonchev–Trinajstić information content (AvgIpc) is 2.47. The number of urea groups is 1. The van der Waals surface area contributed by atoms with Gasteiger partial charge in [0.2, 0.25) is 0 Å². The van der Waals surface area contributed by atoms with Gasteiger partial charge in [0.1, 0.15) is 0 Å². The fourth-order valence-corrected chi connectivity index (χ4v) is 3.59. The Hall–Kier alpha value is -1.26. The van der Waals surface area contributed by atoms with E-state index in [1.54, 1.807) is 0 Å². The van der Waals surface area contributed by atoms with Gasteiger partial charge in [0.05, 0.1) is 5.92 Å². The largest absolute Gasteiger partial charge is 0.481 e. The lowest BCUT2D eigenvalue weighted by molar-refractivity contribution is -0.143. The van der Waals surface area contributed by atoms with Gasteiger partial charge in [-0.15, -0.1) is 0 Å². The number of aliphatic carboxylic acids is 1. The number of carbonyl (C=O) groups is 2. The molecule has 0 saturated heterocycles. The summed E-state index contributed by atoms with van der Waals surface area (Å²) in [4.78, 5) is 23.2. The Bertz CT molecular complexity index is 365. The molecule has 2 atom stereocenters. The second-order valence-electron chi connectivity index (χ2n) is 6.82. The first-order valence-corrected chi connectivity index (χ1v) is 8.33. The summed E-state index contributed by atoms with van der Waals surface area (Å²) < 4.78 is 0. The van der Waals surface area contributed by atoms with E-state index in [1.807, 2.05) is 0 Å². The zero-order valence-corrected chi connectivity index (χ0v) is 12.9. The highest BCUT2D eigenvalue weighted by Gasteiger charge is 2.31.